The Labute approximate surface area is 246 Å². The number of hydrogen-bond donors (Lipinski definition) is 2. The lowest BCUT2D eigenvalue weighted by Gasteiger charge is -2.18. The van der Waals surface area contributed by atoms with Gasteiger partial charge in [-0.1, -0.05) is 42.5 Å². The van der Waals surface area contributed by atoms with Crippen LogP contribution >= 0.6 is 22.7 Å². The molecule has 0 radical (unpaired) electrons. The van der Waals surface area contributed by atoms with Gasteiger partial charge in [0.25, 0.3) is 0 Å². The number of ether oxygens (including phenoxy) is 1. The van der Waals surface area contributed by atoms with Crippen molar-refractivity contribution in [2.75, 3.05) is 5.32 Å². The highest BCUT2D eigenvalue weighted by Gasteiger charge is 2.55. The van der Waals surface area contributed by atoms with E-state index in [-0.39, 0.29) is 18.4 Å². The van der Waals surface area contributed by atoms with Crippen LogP contribution in [0.25, 0.3) is 30.3 Å². The summed E-state index contributed by atoms with van der Waals surface area (Å²) < 4.78 is 50.8. The van der Waals surface area contributed by atoms with Gasteiger partial charge in [0.05, 0.1) is 22.7 Å². The van der Waals surface area contributed by atoms with Crippen LogP contribution in [-0.4, -0.2) is 26.9 Å². The maximum absolute atomic E-state index is 14.0. The number of nitrogens with one attached hydrogen (secondary N) is 1. The molecule has 1 aliphatic rings. The number of carbonyl (C=O) groups is 2. The summed E-state index contributed by atoms with van der Waals surface area (Å²) in [7, 11) is 1.70. The molecule has 1 aliphatic carbocycles. The van der Waals surface area contributed by atoms with Crippen molar-refractivity contribution < 1.29 is 32.6 Å². The molecule has 1 amide bonds. The van der Waals surface area contributed by atoms with Gasteiger partial charge in [-0.25, -0.2) is 4.79 Å². The normalized spacial score (nSPS) is 15.0. The number of aromatic nitrogens is 2. The van der Waals surface area contributed by atoms with Crippen LogP contribution in [0, 0.1) is 0 Å². The van der Waals surface area contributed by atoms with Gasteiger partial charge >= 0.3 is 18.2 Å². The zero-order valence-corrected chi connectivity index (χ0v) is 24.0. The summed E-state index contributed by atoms with van der Waals surface area (Å²) in [5.74, 6) is -0.777. The SMILES string of the molecule is C[C@@H](OC(=O)Nc1c(-c2cc3sc(-c4ccc(C5(C(=O)O)CC5)c(C(F)(F)F)c4)cc3s2)cnn1C)c1ccccc1. The Balaban J connectivity index is 1.26. The van der Waals surface area contributed by atoms with E-state index in [4.69, 9.17) is 4.74 Å². The third-order valence-electron chi connectivity index (χ3n) is 7.47. The summed E-state index contributed by atoms with van der Waals surface area (Å²) in [5.41, 5.74) is -0.629. The van der Waals surface area contributed by atoms with E-state index < -0.39 is 35.3 Å². The first-order valence-corrected chi connectivity index (χ1v) is 14.6. The summed E-state index contributed by atoms with van der Waals surface area (Å²) in [6.45, 7) is 1.78. The Hall–Kier alpha value is -4.16. The maximum atomic E-state index is 14.0. The Morgan fingerprint density at radius 2 is 1.71 bits per heavy atom. The number of thiophene rings is 2. The second-order valence-electron chi connectivity index (χ2n) is 10.2. The van der Waals surface area contributed by atoms with Gasteiger partial charge < -0.3 is 9.84 Å². The van der Waals surface area contributed by atoms with Crippen LogP contribution in [0.4, 0.5) is 23.8 Å². The topological polar surface area (TPSA) is 93.4 Å². The third kappa shape index (κ3) is 5.05. The van der Waals surface area contributed by atoms with E-state index >= 15 is 0 Å². The fourth-order valence-corrected chi connectivity index (χ4v) is 7.43. The predicted molar refractivity (Wildman–Crippen MR) is 156 cm³/mol. The van der Waals surface area contributed by atoms with Gasteiger partial charge in [0.15, 0.2) is 0 Å². The molecule has 0 unspecified atom stereocenters. The lowest BCUT2D eigenvalue weighted by molar-refractivity contribution is -0.142. The summed E-state index contributed by atoms with van der Waals surface area (Å²) >= 11 is 2.77. The van der Waals surface area contributed by atoms with Crippen molar-refractivity contribution in [2.24, 2.45) is 7.05 Å². The molecule has 6 rings (SSSR count). The molecule has 5 aromatic rings. The number of carboxylic acid groups (broad SMARTS) is 1. The number of fused-ring (bicyclic) bond motifs is 1. The van der Waals surface area contributed by atoms with Crippen molar-refractivity contribution in [3.8, 4) is 20.9 Å². The Morgan fingerprint density at radius 1 is 1.05 bits per heavy atom. The number of anilines is 1. The number of halogens is 3. The Morgan fingerprint density at radius 3 is 2.36 bits per heavy atom. The van der Waals surface area contributed by atoms with Crippen LogP contribution in [0.5, 0.6) is 0 Å². The molecule has 0 saturated heterocycles. The average Bonchev–Trinajstić information content (AvgIpc) is 3.36. The molecule has 0 bridgehead atoms. The van der Waals surface area contributed by atoms with Gasteiger partial charge in [-0.2, -0.15) is 18.3 Å². The third-order valence-corrected chi connectivity index (χ3v) is 9.84. The molecule has 1 atom stereocenters. The number of aliphatic carboxylic acids is 1. The average molecular weight is 612 g/mol. The van der Waals surface area contributed by atoms with Crippen molar-refractivity contribution in [3.63, 3.8) is 0 Å². The van der Waals surface area contributed by atoms with Crippen molar-refractivity contribution in [1.82, 2.24) is 9.78 Å². The van der Waals surface area contributed by atoms with E-state index in [2.05, 4.69) is 10.4 Å². The number of amides is 1. The van der Waals surface area contributed by atoms with Gasteiger partial charge in [-0.3, -0.25) is 14.8 Å². The number of alkyl halides is 3. The van der Waals surface area contributed by atoms with Gasteiger partial charge in [0.1, 0.15) is 11.9 Å². The monoisotopic (exact) mass is 611 g/mol. The van der Waals surface area contributed by atoms with Crippen LogP contribution in [0.1, 0.15) is 42.6 Å². The minimum Gasteiger partial charge on any atom is -0.481 e. The molecule has 1 fully saturated rings. The zero-order valence-electron chi connectivity index (χ0n) is 22.4. The molecule has 42 heavy (non-hydrogen) atoms. The first-order chi connectivity index (χ1) is 20.0. The molecule has 0 aliphatic heterocycles. The second kappa shape index (κ2) is 10.3. The van der Waals surface area contributed by atoms with Crippen LogP contribution in [0.2, 0.25) is 0 Å². The first kappa shape index (κ1) is 28.0. The van der Waals surface area contributed by atoms with E-state index in [0.717, 1.165) is 25.9 Å². The molecule has 1 saturated carbocycles. The molecular formula is C30H24F3N3O4S2. The highest BCUT2D eigenvalue weighted by molar-refractivity contribution is 7.31. The number of carboxylic acids is 1. The number of aryl methyl sites for hydroxylation is 1. The van der Waals surface area contributed by atoms with E-state index in [1.54, 1.807) is 26.2 Å². The summed E-state index contributed by atoms with van der Waals surface area (Å²) in [6, 6.07) is 17.0. The fourth-order valence-electron chi connectivity index (χ4n) is 5.03. The smallest absolute Gasteiger partial charge is 0.416 e. The lowest BCUT2D eigenvalue weighted by atomic mass is 9.89. The standard InChI is InChI=1S/C30H24F3N3O4S2/c1-16(17-6-4-3-5-7-17)40-28(39)35-26-19(15-34-36(26)2)23-14-25-24(42-23)13-22(41-25)18-8-9-20(21(12-18)30(31,32)33)29(10-11-29)27(37)38/h3-9,12-16H,10-11H2,1-2H3,(H,35,39)(H,37,38)/t16-/m1/s1. The number of rotatable bonds is 7. The fraction of sp³-hybridized carbons (Fsp3) is 0.233. The molecule has 7 nitrogen and oxygen atoms in total. The number of nitrogens with zero attached hydrogens (tertiary/aromatic N) is 2. The van der Waals surface area contributed by atoms with E-state index in [1.807, 2.05) is 42.5 Å². The highest BCUT2D eigenvalue weighted by atomic mass is 32.1. The highest BCUT2D eigenvalue weighted by Crippen LogP contribution is 2.53. The van der Waals surface area contributed by atoms with E-state index in [9.17, 15) is 27.9 Å². The molecule has 12 heteroatoms. The Bertz CT molecular complexity index is 1790. The van der Waals surface area contributed by atoms with Crippen LogP contribution < -0.4 is 5.32 Å². The number of benzene rings is 2. The number of carbonyl (C=O) groups excluding carboxylic acids is 1. The predicted octanol–water partition coefficient (Wildman–Crippen LogP) is 8.48. The minimum atomic E-state index is -4.68. The molecule has 216 valence electrons. The minimum absolute atomic E-state index is 0.180. The summed E-state index contributed by atoms with van der Waals surface area (Å²) in [6.07, 6.45) is -3.75. The molecule has 2 N–H and O–H groups in total. The summed E-state index contributed by atoms with van der Waals surface area (Å²) in [4.78, 5) is 25.9. The van der Waals surface area contributed by atoms with E-state index in [1.165, 1.54) is 33.4 Å². The second-order valence-corrected chi connectivity index (χ2v) is 12.4. The van der Waals surface area contributed by atoms with Crippen molar-refractivity contribution in [2.45, 2.75) is 37.5 Å². The summed E-state index contributed by atoms with van der Waals surface area (Å²) in [5, 5.41) is 16.6. The van der Waals surface area contributed by atoms with Gasteiger partial charge in [-0.15, -0.1) is 22.7 Å². The van der Waals surface area contributed by atoms with Crippen molar-refractivity contribution in [3.05, 3.63) is 83.6 Å². The maximum Gasteiger partial charge on any atom is 0.416 e. The molecule has 3 heterocycles. The largest absolute Gasteiger partial charge is 0.481 e. The molecular weight excluding hydrogens is 587 g/mol. The molecule has 0 spiro atoms. The van der Waals surface area contributed by atoms with Crippen molar-refractivity contribution in [1.29, 1.82) is 0 Å². The quantitative estimate of drug-likeness (QED) is 0.193. The van der Waals surface area contributed by atoms with Gasteiger partial charge in [0, 0.05) is 26.2 Å². The van der Waals surface area contributed by atoms with E-state index in [0.29, 0.717) is 21.8 Å². The first-order valence-electron chi connectivity index (χ1n) is 13.0. The number of hydrogen-bond acceptors (Lipinski definition) is 6. The van der Waals surface area contributed by atoms with Crippen LogP contribution in [0.3, 0.4) is 0 Å². The van der Waals surface area contributed by atoms with Crippen molar-refractivity contribution >= 4 is 50.0 Å². The van der Waals surface area contributed by atoms with Crippen LogP contribution in [0.15, 0.2) is 66.9 Å². The van der Waals surface area contributed by atoms with Gasteiger partial charge in [-0.05, 0) is 54.7 Å². The lowest BCUT2D eigenvalue weighted by Crippen LogP contribution is -2.24. The van der Waals surface area contributed by atoms with Gasteiger partial charge in [0.2, 0.25) is 0 Å². The molecule has 3 aromatic heterocycles. The van der Waals surface area contributed by atoms with Crippen LogP contribution in [-0.2, 0) is 28.2 Å². The Kier molecular flexibility index (Phi) is 6.85. The zero-order chi connectivity index (χ0) is 29.8. The molecule has 2 aromatic carbocycles.